The number of rotatable bonds is 7. The van der Waals surface area contributed by atoms with Gasteiger partial charge in [-0.3, -0.25) is 9.69 Å². The van der Waals surface area contributed by atoms with Crippen LogP contribution in [0.1, 0.15) is 77.8 Å². The number of nitrogens with one attached hydrogen (secondary N) is 3. The van der Waals surface area contributed by atoms with Crippen LogP contribution in [0.3, 0.4) is 0 Å². The Balaban J connectivity index is 0.000000148. The highest BCUT2D eigenvalue weighted by Gasteiger charge is 2.28. The first-order valence-electron chi connectivity index (χ1n) is 18.1. The Hall–Kier alpha value is -3.51. The Kier molecular flexibility index (Phi) is 9.85. The van der Waals surface area contributed by atoms with Crippen LogP contribution in [0.5, 0.6) is 0 Å². The Morgan fingerprint density at radius 1 is 0.816 bits per heavy atom. The number of aromatic nitrogens is 4. The van der Waals surface area contributed by atoms with Crippen molar-refractivity contribution >= 4 is 60.6 Å². The lowest BCUT2D eigenvalue weighted by molar-refractivity contribution is -0.120. The van der Waals surface area contributed by atoms with Crippen LogP contribution < -0.4 is 16.0 Å². The van der Waals surface area contributed by atoms with Gasteiger partial charge in [0.2, 0.25) is 5.91 Å². The van der Waals surface area contributed by atoms with Crippen LogP contribution in [0.25, 0.3) is 20.4 Å². The van der Waals surface area contributed by atoms with E-state index in [-0.39, 0.29) is 11.8 Å². The molecule has 0 bridgehead atoms. The van der Waals surface area contributed by atoms with E-state index in [0.717, 1.165) is 61.4 Å². The van der Waals surface area contributed by atoms with Gasteiger partial charge in [0.25, 0.3) is 0 Å². The zero-order chi connectivity index (χ0) is 33.2. The van der Waals surface area contributed by atoms with Crippen molar-refractivity contribution in [2.45, 2.75) is 95.7 Å². The molecule has 11 heteroatoms. The molecule has 49 heavy (non-hydrogen) atoms. The minimum atomic E-state index is 0.0513. The summed E-state index contributed by atoms with van der Waals surface area (Å²) in [6, 6.07) is 12.0. The summed E-state index contributed by atoms with van der Waals surface area (Å²) >= 11 is 3.62. The van der Waals surface area contributed by atoms with Crippen molar-refractivity contribution in [3.05, 3.63) is 69.4 Å². The number of hydrogen-bond donors (Lipinski definition) is 3. The predicted octanol–water partition coefficient (Wildman–Crippen LogP) is 7.15. The molecule has 3 N–H and O–H groups in total. The number of piperidine rings is 1. The van der Waals surface area contributed by atoms with Crippen LogP contribution in [0.4, 0.5) is 11.6 Å². The first-order valence-corrected chi connectivity index (χ1v) is 19.8. The number of anilines is 2. The number of amides is 1. The first kappa shape index (κ1) is 32.7. The summed E-state index contributed by atoms with van der Waals surface area (Å²) in [4.78, 5) is 37.9. The zero-order valence-corrected chi connectivity index (χ0v) is 30.0. The topological polar surface area (TPSA) is 108 Å². The molecule has 9 nitrogen and oxygen atoms in total. The summed E-state index contributed by atoms with van der Waals surface area (Å²) in [5.74, 6) is 1.91. The van der Waals surface area contributed by atoms with Gasteiger partial charge in [0, 0.05) is 34.9 Å². The summed E-state index contributed by atoms with van der Waals surface area (Å²) in [5.41, 5.74) is 4.27. The molecule has 1 amide bonds. The SMILES string of the molecule is CN(Cc1ccccc1)C1CCC(Nc2ncnc3sc4c(c23)CCC4)CC1.O=C(Nc1ncnc2sc3c(c12)CCC3)C1CCCNC1. The molecule has 0 radical (unpaired) electrons. The van der Waals surface area contributed by atoms with Crippen molar-refractivity contribution in [1.29, 1.82) is 0 Å². The molecule has 5 aromatic rings. The number of carbonyl (C=O) groups is 1. The van der Waals surface area contributed by atoms with E-state index in [1.807, 2.05) is 11.3 Å². The van der Waals surface area contributed by atoms with Gasteiger partial charge in [-0.25, -0.2) is 19.9 Å². The molecular formula is C38H46N8OS2. The third kappa shape index (κ3) is 7.08. The van der Waals surface area contributed by atoms with Gasteiger partial charge in [0.1, 0.15) is 34.0 Å². The van der Waals surface area contributed by atoms with Crippen molar-refractivity contribution < 1.29 is 4.79 Å². The third-order valence-corrected chi connectivity index (χ3v) is 13.2. The van der Waals surface area contributed by atoms with E-state index in [0.29, 0.717) is 17.9 Å². The number of benzene rings is 1. The molecule has 1 atom stereocenters. The number of hydrogen-bond acceptors (Lipinski definition) is 10. The zero-order valence-electron chi connectivity index (χ0n) is 28.3. The van der Waals surface area contributed by atoms with Gasteiger partial charge in [-0.15, -0.1) is 22.7 Å². The smallest absolute Gasteiger partial charge is 0.229 e. The van der Waals surface area contributed by atoms with E-state index in [4.69, 9.17) is 0 Å². The monoisotopic (exact) mass is 694 g/mol. The molecule has 1 unspecified atom stereocenters. The lowest BCUT2D eigenvalue weighted by atomic mass is 9.90. The van der Waals surface area contributed by atoms with Gasteiger partial charge in [0.05, 0.1) is 16.7 Å². The highest BCUT2D eigenvalue weighted by Crippen LogP contribution is 2.41. The fraction of sp³-hybridized carbons (Fsp3) is 0.500. The van der Waals surface area contributed by atoms with E-state index in [9.17, 15) is 4.79 Å². The van der Waals surface area contributed by atoms with E-state index < -0.39 is 0 Å². The molecule has 256 valence electrons. The largest absolute Gasteiger partial charge is 0.367 e. The second-order valence-electron chi connectivity index (χ2n) is 14.1. The first-order chi connectivity index (χ1) is 24.1. The van der Waals surface area contributed by atoms with Crippen LogP contribution in [0.2, 0.25) is 0 Å². The van der Waals surface area contributed by atoms with Crippen molar-refractivity contribution in [3.8, 4) is 0 Å². The Morgan fingerprint density at radius 2 is 1.47 bits per heavy atom. The van der Waals surface area contributed by atoms with E-state index in [1.54, 1.807) is 24.0 Å². The van der Waals surface area contributed by atoms with Crippen LogP contribution in [0.15, 0.2) is 43.0 Å². The van der Waals surface area contributed by atoms with Crippen LogP contribution in [-0.2, 0) is 37.0 Å². The number of aryl methyl sites for hydroxylation is 4. The Morgan fingerprint density at radius 3 is 2.12 bits per heavy atom. The molecule has 0 spiro atoms. The highest BCUT2D eigenvalue weighted by molar-refractivity contribution is 7.19. The lowest BCUT2D eigenvalue weighted by Gasteiger charge is -2.35. The molecule has 1 aliphatic heterocycles. The molecular weight excluding hydrogens is 649 g/mol. The second kappa shape index (κ2) is 14.8. The molecule has 5 heterocycles. The van der Waals surface area contributed by atoms with Gasteiger partial charge in [-0.05, 0) is 107 Å². The van der Waals surface area contributed by atoms with E-state index in [2.05, 4.69) is 78.2 Å². The van der Waals surface area contributed by atoms with Crippen LogP contribution in [0, 0.1) is 5.92 Å². The molecule has 4 aliphatic rings. The second-order valence-corrected chi connectivity index (χ2v) is 16.3. The summed E-state index contributed by atoms with van der Waals surface area (Å²) in [6.07, 6.45) is 17.3. The summed E-state index contributed by atoms with van der Waals surface area (Å²) in [7, 11) is 2.27. The van der Waals surface area contributed by atoms with E-state index in [1.165, 1.54) is 88.0 Å². The van der Waals surface area contributed by atoms with Crippen LogP contribution in [-0.4, -0.2) is 63.0 Å². The minimum absolute atomic E-state index is 0.0513. The number of nitrogens with zero attached hydrogens (tertiary/aromatic N) is 5. The molecule has 1 saturated carbocycles. The van der Waals surface area contributed by atoms with Gasteiger partial charge < -0.3 is 16.0 Å². The number of thiophene rings is 2. The normalized spacial score (nSPS) is 21.7. The van der Waals surface area contributed by atoms with Crippen molar-refractivity contribution in [2.24, 2.45) is 5.92 Å². The average molecular weight is 695 g/mol. The van der Waals surface area contributed by atoms with Gasteiger partial charge in [0.15, 0.2) is 0 Å². The standard InChI is InChI=1S/C23H28N4S.C15H18N4OS/c1-27(14-16-6-3-2-4-7-16)18-12-10-17(11-13-18)26-22-21-19-8-5-9-20(19)28-23(21)25-15-24-22;20-14(9-3-2-6-16-7-9)19-13-12-10-4-1-5-11(10)21-15(12)18-8-17-13/h2-4,6-7,15,17-18H,5,8-14H2,1H3,(H,24,25,26);8-9,16H,1-7H2,(H,17,18,19,20). The van der Waals surface area contributed by atoms with Gasteiger partial charge in [-0.2, -0.15) is 0 Å². The molecule has 1 aromatic carbocycles. The van der Waals surface area contributed by atoms with Crippen molar-refractivity contribution in [2.75, 3.05) is 30.8 Å². The molecule has 2 fully saturated rings. The minimum Gasteiger partial charge on any atom is -0.367 e. The van der Waals surface area contributed by atoms with Gasteiger partial charge in [-0.1, -0.05) is 30.3 Å². The average Bonchev–Trinajstić information content (AvgIpc) is 3.92. The molecule has 4 aromatic heterocycles. The summed E-state index contributed by atoms with van der Waals surface area (Å²) < 4.78 is 0. The Labute approximate surface area is 296 Å². The van der Waals surface area contributed by atoms with Gasteiger partial charge >= 0.3 is 0 Å². The molecule has 9 rings (SSSR count). The molecule has 3 aliphatic carbocycles. The molecule has 1 saturated heterocycles. The number of fused-ring (bicyclic) bond motifs is 6. The Bertz CT molecular complexity index is 1910. The van der Waals surface area contributed by atoms with Crippen molar-refractivity contribution in [3.63, 3.8) is 0 Å². The van der Waals surface area contributed by atoms with E-state index >= 15 is 0 Å². The highest BCUT2D eigenvalue weighted by atomic mass is 32.1. The fourth-order valence-corrected chi connectivity index (χ4v) is 10.7. The lowest BCUT2D eigenvalue weighted by Crippen LogP contribution is -2.38. The summed E-state index contributed by atoms with van der Waals surface area (Å²) in [5, 5.41) is 12.5. The predicted molar refractivity (Wildman–Crippen MR) is 201 cm³/mol. The summed E-state index contributed by atoms with van der Waals surface area (Å²) in [6.45, 7) is 2.82. The fourth-order valence-electron chi connectivity index (χ4n) is 8.21. The maximum Gasteiger partial charge on any atom is 0.229 e. The van der Waals surface area contributed by atoms with Crippen LogP contribution >= 0.6 is 22.7 Å². The maximum absolute atomic E-state index is 12.4. The quantitative estimate of drug-likeness (QED) is 0.165. The maximum atomic E-state index is 12.4. The third-order valence-electron chi connectivity index (χ3n) is 10.8. The van der Waals surface area contributed by atoms with Crippen molar-refractivity contribution in [1.82, 2.24) is 30.2 Å². The number of carbonyl (C=O) groups excluding carboxylic acids is 1.